The number of rotatable bonds is 2. The summed E-state index contributed by atoms with van der Waals surface area (Å²) in [6.45, 7) is 3.85. The fourth-order valence-electron chi connectivity index (χ4n) is 1.11. The molecule has 1 heterocycles. The first-order valence-electron chi connectivity index (χ1n) is 4.12. The molecule has 1 aliphatic heterocycles. The van der Waals surface area contributed by atoms with E-state index in [4.69, 9.17) is 32.7 Å². The van der Waals surface area contributed by atoms with Gasteiger partial charge in [0.15, 0.2) is 0 Å². The maximum absolute atomic E-state index is 11.2. The van der Waals surface area contributed by atoms with Gasteiger partial charge in [0.05, 0.1) is 12.7 Å². The highest BCUT2D eigenvalue weighted by Crippen LogP contribution is 2.25. The van der Waals surface area contributed by atoms with Gasteiger partial charge in [-0.3, -0.25) is 0 Å². The van der Waals surface area contributed by atoms with E-state index < -0.39 is 10.3 Å². The zero-order chi connectivity index (χ0) is 10.1. The zero-order valence-corrected chi connectivity index (χ0v) is 9.06. The molecule has 76 valence electrons. The second kappa shape index (κ2) is 4.03. The highest BCUT2D eigenvalue weighted by atomic mass is 35.5. The van der Waals surface area contributed by atoms with Crippen molar-refractivity contribution in [2.45, 2.75) is 36.8 Å². The van der Waals surface area contributed by atoms with Gasteiger partial charge in [-0.15, -0.1) is 0 Å². The van der Waals surface area contributed by atoms with E-state index in [1.807, 2.05) is 6.92 Å². The maximum Gasteiger partial charge on any atom is 0.342 e. The maximum atomic E-state index is 11.2. The number of alkyl halides is 2. The van der Waals surface area contributed by atoms with Crippen molar-refractivity contribution < 1.29 is 14.3 Å². The van der Waals surface area contributed by atoms with Crippen molar-refractivity contribution in [3.8, 4) is 0 Å². The molecule has 1 saturated heterocycles. The van der Waals surface area contributed by atoms with Crippen LogP contribution in [0.4, 0.5) is 0 Å². The highest BCUT2D eigenvalue weighted by Gasteiger charge is 2.35. The fourth-order valence-corrected chi connectivity index (χ4v) is 1.20. The van der Waals surface area contributed by atoms with Crippen LogP contribution in [0.3, 0.4) is 0 Å². The lowest BCUT2D eigenvalue weighted by Crippen LogP contribution is -2.32. The average Bonchev–Trinajstić information content (AvgIpc) is 2.34. The lowest BCUT2D eigenvalue weighted by molar-refractivity contribution is -0.151. The number of carbonyl (C=O) groups excluding carboxylic acids is 1. The molecule has 0 radical (unpaired) electrons. The molecular formula is C8H12Cl2O3. The van der Waals surface area contributed by atoms with Gasteiger partial charge in [-0.05, 0) is 13.8 Å². The van der Waals surface area contributed by atoms with Crippen LogP contribution in [-0.2, 0) is 14.3 Å². The SMILES string of the molecule is CC1OCCC1OC(=O)C(C)(Cl)Cl. The largest absolute Gasteiger partial charge is 0.457 e. The predicted octanol–water partition coefficient (Wildman–Crippen LogP) is 1.90. The zero-order valence-electron chi connectivity index (χ0n) is 7.55. The van der Waals surface area contributed by atoms with E-state index in [9.17, 15) is 4.79 Å². The monoisotopic (exact) mass is 226 g/mol. The lowest BCUT2D eigenvalue weighted by Gasteiger charge is -2.19. The Morgan fingerprint density at radius 3 is 2.62 bits per heavy atom. The third kappa shape index (κ3) is 3.01. The fraction of sp³-hybridized carbons (Fsp3) is 0.875. The van der Waals surface area contributed by atoms with E-state index in [1.54, 1.807) is 0 Å². The minimum absolute atomic E-state index is 0.0698. The third-order valence-corrected chi connectivity index (χ3v) is 2.23. The Morgan fingerprint density at radius 1 is 1.62 bits per heavy atom. The number of hydrogen-bond donors (Lipinski definition) is 0. The number of ether oxygens (including phenoxy) is 2. The van der Waals surface area contributed by atoms with Crippen molar-refractivity contribution in [2.75, 3.05) is 6.61 Å². The van der Waals surface area contributed by atoms with E-state index in [2.05, 4.69) is 0 Å². The molecular weight excluding hydrogens is 215 g/mol. The molecule has 0 aliphatic carbocycles. The summed E-state index contributed by atoms with van der Waals surface area (Å²) < 4.78 is 8.81. The summed E-state index contributed by atoms with van der Waals surface area (Å²) >= 11 is 11.1. The minimum atomic E-state index is -1.47. The third-order valence-electron chi connectivity index (χ3n) is 1.92. The summed E-state index contributed by atoms with van der Waals surface area (Å²) in [6.07, 6.45) is 0.417. The van der Waals surface area contributed by atoms with Crippen LogP contribution in [0.1, 0.15) is 20.3 Å². The Kier molecular flexibility index (Phi) is 3.44. The van der Waals surface area contributed by atoms with Gasteiger partial charge in [-0.1, -0.05) is 23.2 Å². The lowest BCUT2D eigenvalue weighted by atomic mass is 10.2. The molecule has 0 amide bonds. The Morgan fingerprint density at radius 2 is 2.23 bits per heavy atom. The van der Waals surface area contributed by atoms with E-state index in [0.29, 0.717) is 13.0 Å². The average molecular weight is 227 g/mol. The molecule has 0 spiro atoms. The first-order valence-corrected chi connectivity index (χ1v) is 4.87. The molecule has 0 saturated carbocycles. The summed E-state index contributed by atoms with van der Waals surface area (Å²) in [5, 5.41) is 0. The molecule has 1 fully saturated rings. The van der Waals surface area contributed by atoms with Crippen LogP contribution < -0.4 is 0 Å². The topological polar surface area (TPSA) is 35.5 Å². The molecule has 2 unspecified atom stereocenters. The van der Waals surface area contributed by atoms with Crippen molar-refractivity contribution in [1.82, 2.24) is 0 Å². The van der Waals surface area contributed by atoms with Gasteiger partial charge in [0.1, 0.15) is 6.10 Å². The van der Waals surface area contributed by atoms with Crippen molar-refractivity contribution in [3.63, 3.8) is 0 Å². The highest BCUT2D eigenvalue weighted by molar-refractivity contribution is 6.57. The summed E-state index contributed by atoms with van der Waals surface area (Å²) in [5.41, 5.74) is 0. The molecule has 0 aromatic carbocycles. The Balaban J connectivity index is 2.45. The quantitative estimate of drug-likeness (QED) is 0.533. The molecule has 0 aromatic rings. The van der Waals surface area contributed by atoms with Crippen LogP contribution in [0.15, 0.2) is 0 Å². The summed E-state index contributed by atoms with van der Waals surface area (Å²) in [6, 6.07) is 0. The van der Waals surface area contributed by atoms with Gasteiger partial charge in [-0.25, -0.2) is 4.79 Å². The molecule has 3 nitrogen and oxygen atoms in total. The molecule has 1 rings (SSSR count). The normalized spacial score (nSPS) is 28.9. The van der Waals surface area contributed by atoms with Crippen molar-refractivity contribution in [3.05, 3.63) is 0 Å². The van der Waals surface area contributed by atoms with Crippen molar-refractivity contribution >= 4 is 29.2 Å². The molecule has 0 aromatic heterocycles. The van der Waals surface area contributed by atoms with E-state index >= 15 is 0 Å². The van der Waals surface area contributed by atoms with Gasteiger partial charge in [0, 0.05) is 6.42 Å². The molecule has 13 heavy (non-hydrogen) atoms. The smallest absolute Gasteiger partial charge is 0.342 e. The molecule has 5 heteroatoms. The van der Waals surface area contributed by atoms with Crippen LogP contribution in [-0.4, -0.2) is 29.1 Å². The van der Waals surface area contributed by atoms with Crippen molar-refractivity contribution in [1.29, 1.82) is 0 Å². The van der Waals surface area contributed by atoms with Crippen LogP contribution in [0.5, 0.6) is 0 Å². The van der Waals surface area contributed by atoms with Gasteiger partial charge >= 0.3 is 5.97 Å². The van der Waals surface area contributed by atoms with Gasteiger partial charge < -0.3 is 9.47 Å². The summed E-state index contributed by atoms with van der Waals surface area (Å²) in [4.78, 5) is 11.2. The van der Waals surface area contributed by atoms with Gasteiger partial charge in [0.25, 0.3) is 0 Å². The van der Waals surface area contributed by atoms with E-state index in [1.165, 1.54) is 6.92 Å². The summed E-state index contributed by atoms with van der Waals surface area (Å²) in [5.74, 6) is -0.613. The van der Waals surface area contributed by atoms with E-state index in [-0.39, 0.29) is 12.2 Å². The Labute approximate surface area is 87.3 Å². The number of carbonyl (C=O) groups is 1. The predicted molar refractivity (Wildman–Crippen MR) is 50.0 cm³/mol. The Hall–Kier alpha value is 0.01000. The molecule has 0 bridgehead atoms. The molecule has 0 N–H and O–H groups in total. The number of hydrogen-bond acceptors (Lipinski definition) is 3. The van der Waals surface area contributed by atoms with E-state index in [0.717, 1.165) is 0 Å². The number of halogens is 2. The first kappa shape index (κ1) is 11.1. The van der Waals surface area contributed by atoms with Gasteiger partial charge in [-0.2, -0.15) is 0 Å². The Bertz CT molecular complexity index is 200. The first-order chi connectivity index (χ1) is 5.91. The molecule has 1 aliphatic rings. The second-order valence-corrected chi connectivity index (χ2v) is 4.90. The minimum Gasteiger partial charge on any atom is -0.457 e. The van der Waals surface area contributed by atoms with Crippen molar-refractivity contribution in [2.24, 2.45) is 0 Å². The summed E-state index contributed by atoms with van der Waals surface area (Å²) in [7, 11) is 0. The van der Waals surface area contributed by atoms with Crippen LogP contribution in [0.2, 0.25) is 0 Å². The molecule has 2 atom stereocenters. The van der Waals surface area contributed by atoms with Crippen LogP contribution in [0, 0.1) is 0 Å². The van der Waals surface area contributed by atoms with Crippen LogP contribution >= 0.6 is 23.2 Å². The van der Waals surface area contributed by atoms with Gasteiger partial charge in [0.2, 0.25) is 4.33 Å². The number of esters is 1. The standard InChI is InChI=1S/C8H12Cl2O3/c1-5-6(3-4-12-5)13-7(11)8(2,9)10/h5-6H,3-4H2,1-2H3. The van der Waals surface area contributed by atoms with Crippen LogP contribution in [0.25, 0.3) is 0 Å². The second-order valence-electron chi connectivity index (χ2n) is 3.20.